The fraction of sp³-hybridized carbons (Fsp3) is 0.889. The highest BCUT2D eigenvalue weighted by Crippen LogP contribution is 2.05. The number of rotatable bonds is 3. The van der Waals surface area contributed by atoms with Crippen LogP contribution in [-0.2, 0) is 9.47 Å². The summed E-state index contributed by atoms with van der Waals surface area (Å²) in [5.74, 6) is 0. The molecule has 1 rings (SSSR count). The van der Waals surface area contributed by atoms with E-state index in [9.17, 15) is 4.79 Å². The number of morpholine rings is 1. The number of amides is 1. The summed E-state index contributed by atoms with van der Waals surface area (Å²) in [4.78, 5) is 13.0. The summed E-state index contributed by atoms with van der Waals surface area (Å²) >= 11 is 0. The van der Waals surface area contributed by atoms with Gasteiger partial charge in [0.1, 0.15) is 0 Å². The monoisotopic (exact) mass is 202 g/mol. The summed E-state index contributed by atoms with van der Waals surface area (Å²) in [6.45, 7) is 3.30. The second kappa shape index (κ2) is 5.82. The van der Waals surface area contributed by atoms with Gasteiger partial charge in [-0.15, -0.1) is 0 Å². The minimum absolute atomic E-state index is 0.228. The molecular weight excluding hydrogens is 184 g/mol. The van der Waals surface area contributed by atoms with Crippen molar-refractivity contribution >= 4 is 6.09 Å². The lowest BCUT2D eigenvalue weighted by Crippen LogP contribution is -2.41. The van der Waals surface area contributed by atoms with Gasteiger partial charge in [-0.1, -0.05) is 0 Å². The Balaban J connectivity index is 2.08. The van der Waals surface area contributed by atoms with Crippen LogP contribution in [0.25, 0.3) is 0 Å². The number of hydrogen-bond donors (Lipinski definition) is 1. The molecule has 1 saturated heterocycles. The third-order valence-corrected chi connectivity index (χ3v) is 2.26. The topological polar surface area (TPSA) is 50.8 Å². The van der Waals surface area contributed by atoms with E-state index >= 15 is 0 Å². The molecule has 0 radical (unpaired) electrons. The van der Waals surface area contributed by atoms with Gasteiger partial charge in [0.15, 0.2) is 0 Å². The fourth-order valence-corrected chi connectivity index (χ4v) is 1.45. The van der Waals surface area contributed by atoms with E-state index in [0.717, 1.165) is 26.1 Å². The van der Waals surface area contributed by atoms with E-state index in [2.05, 4.69) is 22.0 Å². The molecule has 1 atom stereocenters. The SMILES string of the molecule is COC(=O)NCCC1CN(C)CCO1. The smallest absolute Gasteiger partial charge is 0.406 e. The highest BCUT2D eigenvalue weighted by atomic mass is 16.5. The Morgan fingerprint density at radius 1 is 1.71 bits per heavy atom. The molecule has 1 fully saturated rings. The molecule has 1 heterocycles. The number of alkyl carbamates (subject to hydrolysis) is 1. The summed E-state index contributed by atoms with van der Waals surface area (Å²) < 4.78 is 9.99. The molecule has 5 heteroatoms. The third kappa shape index (κ3) is 3.93. The van der Waals surface area contributed by atoms with Crippen LogP contribution >= 0.6 is 0 Å². The van der Waals surface area contributed by atoms with E-state index in [1.807, 2.05) is 0 Å². The van der Waals surface area contributed by atoms with Gasteiger partial charge in [-0.2, -0.15) is 0 Å². The van der Waals surface area contributed by atoms with Crippen LogP contribution in [0.4, 0.5) is 4.79 Å². The summed E-state index contributed by atoms with van der Waals surface area (Å²) in [5, 5.41) is 2.63. The van der Waals surface area contributed by atoms with Crippen molar-refractivity contribution in [3.8, 4) is 0 Å². The van der Waals surface area contributed by atoms with Gasteiger partial charge in [0.25, 0.3) is 0 Å². The van der Waals surface area contributed by atoms with Crippen LogP contribution in [0.15, 0.2) is 0 Å². The Kier molecular flexibility index (Phi) is 4.69. The summed E-state index contributed by atoms with van der Waals surface area (Å²) in [5.41, 5.74) is 0. The number of ether oxygens (including phenoxy) is 2. The van der Waals surface area contributed by atoms with E-state index in [1.165, 1.54) is 7.11 Å². The second-order valence-corrected chi connectivity index (χ2v) is 3.46. The molecular formula is C9H18N2O3. The van der Waals surface area contributed by atoms with Gasteiger partial charge in [-0.05, 0) is 13.5 Å². The zero-order valence-corrected chi connectivity index (χ0v) is 8.78. The molecule has 0 aromatic rings. The van der Waals surface area contributed by atoms with Gasteiger partial charge in [0.05, 0.1) is 19.8 Å². The molecule has 0 saturated carbocycles. The molecule has 1 aliphatic rings. The second-order valence-electron chi connectivity index (χ2n) is 3.46. The molecule has 1 N–H and O–H groups in total. The third-order valence-electron chi connectivity index (χ3n) is 2.26. The Bertz CT molecular complexity index is 187. The van der Waals surface area contributed by atoms with Crippen molar-refractivity contribution in [1.29, 1.82) is 0 Å². The van der Waals surface area contributed by atoms with Gasteiger partial charge in [0, 0.05) is 19.6 Å². The summed E-state index contributed by atoms with van der Waals surface area (Å²) in [6.07, 6.45) is 0.680. The van der Waals surface area contributed by atoms with Crippen LogP contribution in [0.3, 0.4) is 0 Å². The minimum Gasteiger partial charge on any atom is -0.453 e. The van der Waals surface area contributed by atoms with Crippen LogP contribution in [0, 0.1) is 0 Å². The molecule has 14 heavy (non-hydrogen) atoms. The van der Waals surface area contributed by atoms with Crippen molar-refractivity contribution in [2.24, 2.45) is 0 Å². The molecule has 1 amide bonds. The molecule has 0 aromatic carbocycles. The highest BCUT2D eigenvalue weighted by Gasteiger charge is 2.17. The van der Waals surface area contributed by atoms with Crippen molar-refractivity contribution < 1.29 is 14.3 Å². The molecule has 5 nitrogen and oxygen atoms in total. The van der Waals surface area contributed by atoms with Gasteiger partial charge >= 0.3 is 6.09 Å². The lowest BCUT2D eigenvalue weighted by molar-refractivity contribution is -0.0226. The number of likely N-dealkylation sites (N-methyl/N-ethyl adjacent to an activating group) is 1. The summed E-state index contributed by atoms with van der Waals surface area (Å²) in [7, 11) is 3.43. The Hall–Kier alpha value is -0.810. The van der Waals surface area contributed by atoms with Crippen molar-refractivity contribution in [3.63, 3.8) is 0 Å². The maximum Gasteiger partial charge on any atom is 0.406 e. The molecule has 1 aliphatic heterocycles. The maximum atomic E-state index is 10.7. The average molecular weight is 202 g/mol. The van der Waals surface area contributed by atoms with E-state index in [1.54, 1.807) is 0 Å². The van der Waals surface area contributed by atoms with Crippen LogP contribution in [0.1, 0.15) is 6.42 Å². The first-order valence-electron chi connectivity index (χ1n) is 4.84. The first-order chi connectivity index (χ1) is 6.72. The fourth-order valence-electron chi connectivity index (χ4n) is 1.45. The van der Waals surface area contributed by atoms with Gasteiger partial charge in [-0.25, -0.2) is 4.79 Å². The molecule has 1 unspecified atom stereocenters. The molecule has 0 spiro atoms. The molecule has 0 aromatic heterocycles. The number of carbonyl (C=O) groups excluding carboxylic acids is 1. The van der Waals surface area contributed by atoms with Gasteiger partial charge in [0.2, 0.25) is 0 Å². The molecule has 82 valence electrons. The van der Waals surface area contributed by atoms with E-state index in [4.69, 9.17) is 4.74 Å². The van der Waals surface area contributed by atoms with Gasteiger partial charge in [-0.3, -0.25) is 0 Å². The zero-order chi connectivity index (χ0) is 10.4. The van der Waals surface area contributed by atoms with Crippen molar-refractivity contribution in [3.05, 3.63) is 0 Å². The van der Waals surface area contributed by atoms with Crippen molar-refractivity contribution in [2.45, 2.75) is 12.5 Å². The number of nitrogens with one attached hydrogen (secondary N) is 1. The first-order valence-corrected chi connectivity index (χ1v) is 4.84. The average Bonchev–Trinajstić information content (AvgIpc) is 2.17. The Morgan fingerprint density at radius 2 is 2.50 bits per heavy atom. The quantitative estimate of drug-likeness (QED) is 0.703. The molecule has 0 bridgehead atoms. The number of nitrogens with zero attached hydrogens (tertiary/aromatic N) is 1. The predicted molar refractivity (Wildman–Crippen MR) is 52.3 cm³/mol. The highest BCUT2D eigenvalue weighted by molar-refractivity contribution is 5.66. The van der Waals surface area contributed by atoms with Gasteiger partial charge < -0.3 is 19.7 Å². The number of carbonyl (C=O) groups is 1. The van der Waals surface area contributed by atoms with E-state index in [0.29, 0.717) is 6.54 Å². The van der Waals surface area contributed by atoms with Crippen molar-refractivity contribution in [1.82, 2.24) is 10.2 Å². The molecule has 0 aliphatic carbocycles. The van der Waals surface area contributed by atoms with E-state index in [-0.39, 0.29) is 12.2 Å². The lowest BCUT2D eigenvalue weighted by atomic mass is 10.2. The predicted octanol–water partition coefficient (Wildman–Crippen LogP) is 0.0631. The lowest BCUT2D eigenvalue weighted by Gasteiger charge is -2.29. The van der Waals surface area contributed by atoms with Crippen LogP contribution in [0.2, 0.25) is 0 Å². The maximum absolute atomic E-state index is 10.7. The Labute approximate surface area is 84.4 Å². The minimum atomic E-state index is -0.380. The largest absolute Gasteiger partial charge is 0.453 e. The van der Waals surface area contributed by atoms with Crippen LogP contribution in [0.5, 0.6) is 0 Å². The number of hydrogen-bond acceptors (Lipinski definition) is 4. The normalized spacial score (nSPS) is 23.1. The van der Waals surface area contributed by atoms with Crippen LogP contribution in [-0.4, -0.2) is 57.5 Å². The zero-order valence-electron chi connectivity index (χ0n) is 8.78. The Morgan fingerprint density at radius 3 is 3.14 bits per heavy atom. The number of methoxy groups -OCH3 is 1. The van der Waals surface area contributed by atoms with Crippen molar-refractivity contribution in [2.75, 3.05) is 40.4 Å². The van der Waals surface area contributed by atoms with E-state index < -0.39 is 0 Å². The first kappa shape index (κ1) is 11.3. The standard InChI is InChI=1S/C9H18N2O3/c1-11-5-6-14-8(7-11)3-4-10-9(12)13-2/h8H,3-7H2,1-2H3,(H,10,12). The van der Waals surface area contributed by atoms with Crippen LogP contribution < -0.4 is 5.32 Å². The summed E-state index contributed by atoms with van der Waals surface area (Å²) in [6, 6.07) is 0.